The Kier molecular flexibility index (Phi) is 9.90. The quantitative estimate of drug-likeness (QED) is 0.247. The molecule has 0 saturated carbocycles. The van der Waals surface area contributed by atoms with Crippen molar-refractivity contribution in [3.8, 4) is 11.5 Å². The van der Waals surface area contributed by atoms with E-state index in [1.54, 1.807) is 7.11 Å². The van der Waals surface area contributed by atoms with E-state index in [4.69, 9.17) is 9.47 Å². The summed E-state index contributed by atoms with van der Waals surface area (Å²) in [7, 11) is 3.53. The van der Waals surface area contributed by atoms with E-state index in [0.717, 1.165) is 55.6 Å². The fourth-order valence-electron chi connectivity index (χ4n) is 3.36. The Balaban J connectivity index is 0.00000300. The highest BCUT2D eigenvalue weighted by atomic mass is 127. The summed E-state index contributed by atoms with van der Waals surface area (Å²) >= 11 is 0. The predicted molar refractivity (Wildman–Crippen MR) is 130 cm³/mol. The van der Waals surface area contributed by atoms with Crippen molar-refractivity contribution in [1.82, 2.24) is 10.6 Å². The molecule has 6 nitrogen and oxygen atoms in total. The molecule has 1 atom stereocenters. The molecule has 0 amide bonds. The minimum atomic E-state index is 0. The second-order valence-electron chi connectivity index (χ2n) is 6.76. The normalized spacial score (nSPS) is 16.1. The number of benzene rings is 2. The summed E-state index contributed by atoms with van der Waals surface area (Å²) in [6, 6.07) is 18.4. The summed E-state index contributed by atoms with van der Waals surface area (Å²) in [6.45, 7) is 3.42. The van der Waals surface area contributed by atoms with Crippen LogP contribution in [0.15, 0.2) is 59.6 Å². The first-order valence-electron chi connectivity index (χ1n) is 9.83. The first-order chi connectivity index (χ1) is 13.8. The third kappa shape index (κ3) is 6.99. The zero-order chi connectivity index (χ0) is 19.6. The number of guanidine groups is 1. The molecule has 3 rings (SSSR count). The van der Waals surface area contributed by atoms with Crippen LogP contribution in [-0.2, 0) is 0 Å². The van der Waals surface area contributed by atoms with Gasteiger partial charge in [0.05, 0.1) is 19.4 Å². The maximum atomic E-state index is 5.72. The van der Waals surface area contributed by atoms with Gasteiger partial charge in [0.15, 0.2) is 5.96 Å². The molecule has 1 aliphatic heterocycles. The van der Waals surface area contributed by atoms with E-state index < -0.39 is 0 Å². The lowest BCUT2D eigenvalue weighted by Crippen LogP contribution is -2.45. The molecule has 0 spiro atoms. The van der Waals surface area contributed by atoms with Crippen molar-refractivity contribution in [1.29, 1.82) is 0 Å². The Bertz CT molecular complexity index is 757. The number of methoxy groups -OCH3 is 1. The smallest absolute Gasteiger partial charge is 0.191 e. The summed E-state index contributed by atoms with van der Waals surface area (Å²) < 4.78 is 11.2. The van der Waals surface area contributed by atoms with Crippen LogP contribution in [-0.4, -0.2) is 52.4 Å². The van der Waals surface area contributed by atoms with Crippen molar-refractivity contribution in [2.24, 2.45) is 4.99 Å². The number of hydrogen-bond acceptors (Lipinski definition) is 4. The first-order valence-corrected chi connectivity index (χ1v) is 9.83. The van der Waals surface area contributed by atoms with Crippen LogP contribution in [0, 0.1) is 0 Å². The van der Waals surface area contributed by atoms with Crippen LogP contribution in [0.4, 0.5) is 5.69 Å². The molecule has 29 heavy (non-hydrogen) atoms. The third-order valence-corrected chi connectivity index (χ3v) is 4.80. The van der Waals surface area contributed by atoms with Crippen molar-refractivity contribution >= 4 is 35.6 Å². The molecule has 0 aliphatic carbocycles. The van der Waals surface area contributed by atoms with Crippen molar-refractivity contribution in [2.75, 3.05) is 45.3 Å². The van der Waals surface area contributed by atoms with Gasteiger partial charge in [-0.25, -0.2) is 0 Å². The Hall–Kier alpha value is -2.16. The fourth-order valence-corrected chi connectivity index (χ4v) is 3.36. The van der Waals surface area contributed by atoms with Gasteiger partial charge in [-0.15, -0.1) is 24.0 Å². The lowest BCUT2D eigenvalue weighted by molar-refractivity contribution is 0.311. The number of nitrogens with one attached hydrogen (secondary N) is 2. The van der Waals surface area contributed by atoms with Crippen LogP contribution in [0.25, 0.3) is 0 Å². The Morgan fingerprint density at radius 1 is 1.14 bits per heavy atom. The Morgan fingerprint density at radius 2 is 1.90 bits per heavy atom. The molecule has 2 aromatic rings. The summed E-state index contributed by atoms with van der Waals surface area (Å²) in [5.41, 5.74) is 1.15. The highest BCUT2D eigenvalue weighted by molar-refractivity contribution is 14.0. The van der Waals surface area contributed by atoms with Gasteiger partial charge in [0.1, 0.15) is 11.5 Å². The number of aliphatic imine (C=N–C) groups is 1. The summed E-state index contributed by atoms with van der Waals surface area (Å²) in [5, 5.41) is 6.90. The molecular formula is C22H31IN4O2. The van der Waals surface area contributed by atoms with Crippen molar-refractivity contribution in [2.45, 2.75) is 18.9 Å². The number of halogens is 1. The largest absolute Gasteiger partial charge is 0.495 e. The van der Waals surface area contributed by atoms with Gasteiger partial charge in [-0.2, -0.15) is 0 Å². The van der Waals surface area contributed by atoms with Gasteiger partial charge in [-0.1, -0.05) is 30.3 Å². The summed E-state index contributed by atoms with van der Waals surface area (Å²) in [4.78, 5) is 6.71. The van der Waals surface area contributed by atoms with Crippen molar-refractivity contribution in [3.63, 3.8) is 0 Å². The molecular weight excluding hydrogens is 479 g/mol. The highest BCUT2D eigenvalue weighted by Crippen LogP contribution is 2.30. The van der Waals surface area contributed by atoms with E-state index in [2.05, 4.69) is 32.7 Å². The molecule has 2 N–H and O–H groups in total. The van der Waals surface area contributed by atoms with Gasteiger partial charge in [-0.05, 0) is 37.1 Å². The number of anilines is 1. The highest BCUT2D eigenvalue weighted by Gasteiger charge is 2.25. The van der Waals surface area contributed by atoms with Gasteiger partial charge < -0.3 is 25.0 Å². The Morgan fingerprint density at radius 3 is 2.66 bits per heavy atom. The van der Waals surface area contributed by atoms with Crippen molar-refractivity contribution < 1.29 is 9.47 Å². The minimum Gasteiger partial charge on any atom is -0.495 e. The van der Waals surface area contributed by atoms with E-state index in [1.807, 2.05) is 49.5 Å². The molecule has 7 heteroatoms. The maximum absolute atomic E-state index is 5.72. The molecule has 1 heterocycles. The van der Waals surface area contributed by atoms with Crippen LogP contribution in [0.2, 0.25) is 0 Å². The standard InChI is InChI=1S/C22H30N4O2.HI/c1-23-22(24-14-8-16-28-19-9-4-3-5-10-19)25-18-13-15-26(17-18)20-11-6-7-12-21(20)27-2;/h3-7,9-12,18H,8,13-17H2,1-2H3,(H2,23,24,25);1H. The molecule has 0 radical (unpaired) electrons. The number of ether oxygens (including phenoxy) is 2. The number of rotatable bonds is 8. The summed E-state index contributed by atoms with van der Waals surface area (Å²) in [6.07, 6.45) is 1.98. The number of nitrogens with zero attached hydrogens (tertiary/aromatic N) is 2. The monoisotopic (exact) mass is 510 g/mol. The molecule has 0 bridgehead atoms. The average molecular weight is 510 g/mol. The van der Waals surface area contributed by atoms with Crippen LogP contribution in [0.1, 0.15) is 12.8 Å². The first kappa shape index (κ1) is 23.1. The van der Waals surface area contributed by atoms with E-state index in [-0.39, 0.29) is 24.0 Å². The van der Waals surface area contributed by atoms with Gasteiger partial charge in [-0.3, -0.25) is 4.99 Å². The zero-order valence-electron chi connectivity index (χ0n) is 17.1. The van der Waals surface area contributed by atoms with Crippen LogP contribution in [0.3, 0.4) is 0 Å². The van der Waals surface area contributed by atoms with Crippen molar-refractivity contribution in [3.05, 3.63) is 54.6 Å². The molecule has 0 aromatic heterocycles. The SMILES string of the molecule is CN=C(NCCCOc1ccccc1)NC1CCN(c2ccccc2OC)C1.I. The second kappa shape index (κ2) is 12.4. The van der Waals surface area contributed by atoms with Crippen LogP contribution < -0.4 is 25.0 Å². The fraction of sp³-hybridized carbons (Fsp3) is 0.409. The number of para-hydroxylation sites is 3. The minimum absolute atomic E-state index is 0. The van der Waals surface area contributed by atoms with E-state index in [9.17, 15) is 0 Å². The van der Waals surface area contributed by atoms with Gasteiger partial charge in [0.25, 0.3) is 0 Å². The lowest BCUT2D eigenvalue weighted by Gasteiger charge is -2.22. The second-order valence-corrected chi connectivity index (χ2v) is 6.76. The van der Waals surface area contributed by atoms with Gasteiger partial charge in [0, 0.05) is 32.7 Å². The van der Waals surface area contributed by atoms with Gasteiger partial charge >= 0.3 is 0 Å². The third-order valence-electron chi connectivity index (χ3n) is 4.80. The molecule has 1 saturated heterocycles. The van der Waals surface area contributed by atoms with E-state index >= 15 is 0 Å². The molecule has 1 unspecified atom stereocenters. The van der Waals surface area contributed by atoms with Gasteiger partial charge in [0.2, 0.25) is 0 Å². The molecule has 2 aromatic carbocycles. The van der Waals surface area contributed by atoms with Crippen LogP contribution >= 0.6 is 24.0 Å². The molecule has 1 fully saturated rings. The Labute approximate surface area is 190 Å². The predicted octanol–water partition coefficient (Wildman–Crippen LogP) is 3.53. The number of hydrogen-bond donors (Lipinski definition) is 2. The zero-order valence-corrected chi connectivity index (χ0v) is 19.5. The maximum Gasteiger partial charge on any atom is 0.191 e. The van der Waals surface area contributed by atoms with E-state index in [1.165, 1.54) is 0 Å². The topological polar surface area (TPSA) is 58.1 Å². The molecule has 158 valence electrons. The van der Waals surface area contributed by atoms with E-state index in [0.29, 0.717) is 12.6 Å². The molecule has 1 aliphatic rings. The summed E-state index contributed by atoms with van der Waals surface area (Å²) in [5.74, 6) is 2.67. The van der Waals surface area contributed by atoms with Crippen LogP contribution in [0.5, 0.6) is 11.5 Å². The lowest BCUT2D eigenvalue weighted by atomic mass is 10.2. The average Bonchev–Trinajstić information content (AvgIpc) is 3.21.